The number of nitrogens with zero attached hydrogens (tertiary/aromatic N) is 2. The zero-order valence-electron chi connectivity index (χ0n) is 14.2. The van der Waals surface area contributed by atoms with E-state index in [-0.39, 0.29) is 5.91 Å². The third-order valence-corrected chi connectivity index (χ3v) is 4.78. The van der Waals surface area contributed by atoms with E-state index in [1.165, 1.54) is 5.56 Å². The average Bonchev–Trinajstić information content (AvgIpc) is 2.62. The normalized spacial score (nSPS) is 15.7. The summed E-state index contributed by atoms with van der Waals surface area (Å²) < 4.78 is 0. The molecule has 1 aliphatic heterocycles. The summed E-state index contributed by atoms with van der Waals surface area (Å²) in [6.07, 6.45) is 2.02. The van der Waals surface area contributed by atoms with E-state index < -0.39 is 0 Å². The first-order valence-electron chi connectivity index (χ1n) is 8.52. The monoisotopic (exact) mass is 323 g/mol. The van der Waals surface area contributed by atoms with Crippen molar-refractivity contribution >= 4 is 11.6 Å². The number of hydrogen-bond acceptors (Lipinski definition) is 3. The SMILES string of the molecule is CN(Cc1cccc(N)c1)C1CCN(C(=O)c2ccccc2)CC1. The molecular formula is C20H25N3O. The molecule has 126 valence electrons. The van der Waals surface area contributed by atoms with E-state index in [2.05, 4.69) is 18.0 Å². The molecule has 0 radical (unpaired) electrons. The Kier molecular flexibility index (Phi) is 5.16. The van der Waals surface area contributed by atoms with Gasteiger partial charge >= 0.3 is 0 Å². The van der Waals surface area contributed by atoms with E-state index in [1.54, 1.807) is 0 Å². The van der Waals surface area contributed by atoms with Gasteiger partial charge in [0.15, 0.2) is 0 Å². The summed E-state index contributed by atoms with van der Waals surface area (Å²) in [5.74, 6) is 0.146. The van der Waals surface area contributed by atoms with E-state index in [1.807, 2.05) is 53.4 Å². The van der Waals surface area contributed by atoms with Crippen molar-refractivity contribution in [3.8, 4) is 0 Å². The molecule has 2 aromatic rings. The summed E-state index contributed by atoms with van der Waals surface area (Å²) in [5, 5.41) is 0. The second kappa shape index (κ2) is 7.49. The summed E-state index contributed by atoms with van der Waals surface area (Å²) in [7, 11) is 2.16. The molecule has 1 heterocycles. The predicted octanol–water partition coefficient (Wildman–Crippen LogP) is 3.01. The van der Waals surface area contributed by atoms with Crippen LogP contribution in [0.2, 0.25) is 0 Å². The molecule has 0 unspecified atom stereocenters. The summed E-state index contributed by atoms with van der Waals surface area (Å²) >= 11 is 0. The molecule has 1 saturated heterocycles. The first-order valence-corrected chi connectivity index (χ1v) is 8.52. The summed E-state index contributed by atoms with van der Waals surface area (Å²) in [5.41, 5.74) is 8.68. The molecule has 4 nitrogen and oxygen atoms in total. The number of nitrogens with two attached hydrogens (primary N) is 1. The highest BCUT2D eigenvalue weighted by atomic mass is 16.2. The lowest BCUT2D eigenvalue weighted by Gasteiger charge is -2.37. The van der Waals surface area contributed by atoms with Crippen molar-refractivity contribution < 1.29 is 4.79 Å². The minimum Gasteiger partial charge on any atom is -0.399 e. The maximum atomic E-state index is 12.5. The average molecular weight is 323 g/mol. The van der Waals surface area contributed by atoms with Gasteiger partial charge in [-0.2, -0.15) is 0 Å². The fraction of sp³-hybridized carbons (Fsp3) is 0.350. The predicted molar refractivity (Wildman–Crippen MR) is 97.7 cm³/mol. The molecule has 0 aliphatic carbocycles. The fourth-order valence-corrected chi connectivity index (χ4v) is 3.38. The van der Waals surface area contributed by atoms with Gasteiger partial charge in [0, 0.05) is 36.9 Å². The summed E-state index contributed by atoms with van der Waals surface area (Å²) in [6.45, 7) is 2.53. The van der Waals surface area contributed by atoms with Gasteiger partial charge < -0.3 is 10.6 Å². The second-order valence-electron chi connectivity index (χ2n) is 6.55. The Labute approximate surface area is 143 Å². The van der Waals surface area contributed by atoms with Crippen LogP contribution in [-0.2, 0) is 6.54 Å². The van der Waals surface area contributed by atoms with E-state index >= 15 is 0 Å². The number of carbonyl (C=O) groups is 1. The van der Waals surface area contributed by atoms with Crippen molar-refractivity contribution in [2.45, 2.75) is 25.4 Å². The Bertz CT molecular complexity index is 678. The highest BCUT2D eigenvalue weighted by molar-refractivity contribution is 5.94. The van der Waals surface area contributed by atoms with Gasteiger partial charge in [-0.25, -0.2) is 0 Å². The molecule has 1 aliphatic rings. The van der Waals surface area contributed by atoms with Gasteiger partial charge in [-0.05, 0) is 49.7 Å². The molecule has 3 rings (SSSR count). The van der Waals surface area contributed by atoms with Crippen LogP contribution in [0.3, 0.4) is 0 Å². The smallest absolute Gasteiger partial charge is 0.253 e. The largest absolute Gasteiger partial charge is 0.399 e. The molecule has 24 heavy (non-hydrogen) atoms. The van der Waals surface area contributed by atoms with E-state index in [0.29, 0.717) is 6.04 Å². The zero-order chi connectivity index (χ0) is 16.9. The lowest BCUT2D eigenvalue weighted by molar-refractivity contribution is 0.0639. The van der Waals surface area contributed by atoms with Crippen molar-refractivity contribution in [3.63, 3.8) is 0 Å². The van der Waals surface area contributed by atoms with Crippen LogP contribution in [0.15, 0.2) is 54.6 Å². The van der Waals surface area contributed by atoms with Crippen LogP contribution in [0.5, 0.6) is 0 Å². The van der Waals surface area contributed by atoms with Crippen molar-refractivity contribution in [2.24, 2.45) is 0 Å². The lowest BCUT2D eigenvalue weighted by atomic mass is 10.0. The third-order valence-electron chi connectivity index (χ3n) is 4.78. The molecule has 4 heteroatoms. The Morgan fingerprint density at radius 3 is 2.50 bits per heavy atom. The van der Waals surface area contributed by atoms with Crippen molar-refractivity contribution in [2.75, 3.05) is 25.9 Å². The summed E-state index contributed by atoms with van der Waals surface area (Å²) in [6, 6.07) is 18.1. The molecule has 2 N–H and O–H groups in total. The minimum atomic E-state index is 0.146. The molecule has 0 saturated carbocycles. The van der Waals surface area contributed by atoms with Gasteiger partial charge in [-0.1, -0.05) is 30.3 Å². The van der Waals surface area contributed by atoms with Crippen LogP contribution >= 0.6 is 0 Å². The number of hydrogen-bond donors (Lipinski definition) is 1. The Balaban J connectivity index is 1.54. The Hall–Kier alpha value is -2.33. The number of nitrogen functional groups attached to an aromatic ring is 1. The summed E-state index contributed by atoms with van der Waals surface area (Å²) in [4.78, 5) is 16.8. The minimum absolute atomic E-state index is 0.146. The van der Waals surface area contributed by atoms with E-state index in [4.69, 9.17) is 5.73 Å². The van der Waals surface area contributed by atoms with Crippen LogP contribution < -0.4 is 5.73 Å². The van der Waals surface area contributed by atoms with E-state index in [0.717, 1.165) is 43.7 Å². The Morgan fingerprint density at radius 1 is 1.12 bits per heavy atom. The molecule has 2 aromatic carbocycles. The lowest BCUT2D eigenvalue weighted by Crippen LogP contribution is -2.45. The van der Waals surface area contributed by atoms with Crippen molar-refractivity contribution in [1.29, 1.82) is 0 Å². The maximum Gasteiger partial charge on any atom is 0.253 e. The van der Waals surface area contributed by atoms with Gasteiger partial charge in [0.25, 0.3) is 5.91 Å². The topological polar surface area (TPSA) is 49.6 Å². The van der Waals surface area contributed by atoms with Gasteiger partial charge in [0.05, 0.1) is 0 Å². The fourth-order valence-electron chi connectivity index (χ4n) is 3.38. The molecule has 0 aromatic heterocycles. The highest BCUT2D eigenvalue weighted by Gasteiger charge is 2.25. The number of benzene rings is 2. The van der Waals surface area contributed by atoms with Gasteiger partial charge in [0.2, 0.25) is 0 Å². The first kappa shape index (κ1) is 16.5. The zero-order valence-corrected chi connectivity index (χ0v) is 14.2. The van der Waals surface area contributed by atoms with Gasteiger partial charge in [-0.15, -0.1) is 0 Å². The number of piperidine rings is 1. The van der Waals surface area contributed by atoms with E-state index in [9.17, 15) is 4.79 Å². The molecule has 1 amide bonds. The van der Waals surface area contributed by atoms with Crippen LogP contribution in [0.25, 0.3) is 0 Å². The van der Waals surface area contributed by atoms with Crippen LogP contribution in [0.1, 0.15) is 28.8 Å². The van der Waals surface area contributed by atoms with Crippen LogP contribution in [0, 0.1) is 0 Å². The van der Waals surface area contributed by atoms with Crippen LogP contribution in [-0.4, -0.2) is 41.9 Å². The molecule has 0 spiro atoms. The Morgan fingerprint density at radius 2 is 1.83 bits per heavy atom. The number of carbonyl (C=O) groups excluding carboxylic acids is 1. The maximum absolute atomic E-state index is 12.5. The molecule has 0 bridgehead atoms. The van der Waals surface area contributed by atoms with Gasteiger partial charge in [0.1, 0.15) is 0 Å². The van der Waals surface area contributed by atoms with Gasteiger partial charge in [-0.3, -0.25) is 9.69 Å². The number of amides is 1. The third kappa shape index (κ3) is 3.95. The second-order valence-corrected chi connectivity index (χ2v) is 6.55. The molecular weight excluding hydrogens is 298 g/mol. The standard InChI is InChI=1S/C20H25N3O/c1-22(15-16-6-5-9-18(21)14-16)19-10-12-23(13-11-19)20(24)17-7-3-2-4-8-17/h2-9,14,19H,10-13,15,21H2,1H3. The number of anilines is 1. The quantitative estimate of drug-likeness (QED) is 0.880. The first-order chi connectivity index (χ1) is 11.6. The molecule has 1 fully saturated rings. The van der Waals surface area contributed by atoms with Crippen molar-refractivity contribution in [3.05, 3.63) is 65.7 Å². The number of likely N-dealkylation sites (tertiary alicyclic amines) is 1. The number of rotatable bonds is 4. The van der Waals surface area contributed by atoms with Crippen LogP contribution in [0.4, 0.5) is 5.69 Å². The highest BCUT2D eigenvalue weighted by Crippen LogP contribution is 2.20. The van der Waals surface area contributed by atoms with Crippen molar-refractivity contribution in [1.82, 2.24) is 9.80 Å². The molecule has 0 atom stereocenters.